The summed E-state index contributed by atoms with van der Waals surface area (Å²) in [6.07, 6.45) is 2.48. The van der Waals surface area contributed by atoms with Crippen molar-refractivity contribution in [2.45, 2.75) is 32.4 Å². The van der Waals surface area contributed by atoms with E-state index in [1.807, 2.05) is 19.1 Å². The lowest BCUT2D eigenvalue weighted by atomic mass is 10.1. The zero-order valence-electron chi connectivity index (χ0n) is 11.9. The molecule has 106 valence electrons. The van der Waals surface area contributed by atoms with Crippen LogP contribution in [0.2, 0.25) is 0 Å². The van der Waals surface area contributed by atoms with Crippen molar-refractivity contribution in [3.8, 4) is 11.5 Å². The molecule has 1 saturated heterocycles. The van der Waals surface area contributed by atoms with Crippen LogP contribution in [-0.2, 0) is 6.54 Å². The van der Waals surface area contributed by atoms with Gasteiger partial charge in [0.1, 0.15) is 0 Å². The molecule has 4 heteroatoms. The summed E-state index contributed by atoms with van der Waals surface area (Å²) in [6, 6.07) is 6.60. The van der Waals surface area contributed by atoms with Crippen LogP contribution in [0.4, 0.5) is 0 Å². The molecule has 0 amide bonds. The Kier molecular flexibility index (Phi) is 5.48. The SMILES string of the molecule is CCOc1c(CN[C@@H]2CCCNC2)cccc1OC. The van der Waals surface area contributed by atoms with Crippen molar-refractivity contribution in [1.82, 2.24) is 10.6 Å². The van der Waals surface area contributed by atoms with Crippen LogP contribution in [0.3, 0.4) is 0 Å². The van der Waals surface area contributed by atoms with Gasteiger partial charge < -0.3 is 20.1 Å². The molecule has 1 fully saturated rings. The molecule has 0 bridgehead atoms. The molecule has 1 aromatic carbocycles. The van der Waals surface area contributed by atoms with E-state index in [4.69, 9.17) is 9.47 Å². The van der Waals surface area contributed by atoms with Crippen molar-refractivity contribution in [3.63, 3.8) is 0 Å². The minimum atomic E-state index is 0.550. The van der Waals surface area contributed by atoms with E-state index in [1.165, 1.54) is 12.8 Å². The number of rotatable bonds is 6. The molecular formula is C15H24N2O2. The minimum absolute atomic E-state index is 0.550. The van der Waals surface area contributed by atoms with Crippen molar-refractivity contribution in [1.29, 1.82) is 0 Å². The van der Waals surface area contributed by atoms with Gasteiger partial charge in [0.2, 0.25) is 0 Å². The molecular weight excluding hydrogens is 240 g/mol. The Labute approximate surface area is 115 Å². The van der Waals surface area contributed by atoms with E-state index >= 15 is 0 Å². The first-order valence-corrected chi connectivity index (χ1v) is 7.08. The van der Waals surface area contributed by atoms with Gasteiger partial charge in [0.15, 0.2) is 11.5 Å². The molecule has 2 N–H and O–H groups in total. The molecule has 1 aliphatic heterocycles. The fourth-order valence-corrected chi connectivity index (χ4v) is 2.45. The molecule has 4 nitrogen and oxygen atoms in total. The van der Waals surface area contributed by atoms with Gasteiger partial charge in [-0.1, -0.05) is 12.1 Å². The predicted molar refractivity (Wildman–Crippen MR) is 76.9 cm³/mol. The van der Waals surface area contributed by atoms with Crippen LogP contribution in [0, 0.1) is 0 Å². The summed E-state index contributed by atoms with van der Waals surface area (Å²) < 4.78 is 11.1. The van der Waals surface area contributed by atoms with Crippen LogP contribution < -0.4 is 20.1 Å². The van der Waals surface area contributed by atoms with E-state index in [0.29, 0.717) is 12.6 Å². The summed E-state index contributed by atoms with van der Waals surface area (Å²) in [5.74, 6) is 1.67. The second kappa shape index (κ2) is 7.36. The van der Waals surface area contributed by atoms with E-state index in [9.17, 15) is 0 Å². The van der Waals surface area contributed by atoms with Crippen LogP contribution >= 0.6 is 0 Å². The van der Waals surface area contributed by atoms with E-state index in [2.05, 4.69) is 16.7 Å². The fourth-order valence-electron chi connectivity index (χ4n) is 2.45. The molecule has 1 heterocycles. The Hall–Kier alpha value is -1.26. The van der Waals surface area contributed by atoms with Gasteiger partial charge in [0.25, 0.3) is 0 Å². The second-order valence-electron chi connectivity index (χ2n) is 4.81. The lowest BCUT2D eigenvalue weighted by Crippen LogP contribution is -2.42. The average molecular weight is 264 g/mol. The highest BCUT2D eigenvalue weighted by molar-refractivity contribution is 5.46. The van der Waals surface area contributed by atoms with Crippen molar-refractivity contribution < 1.29 is 9.47 Å². The zero-order valence-corrected chi connectivity index (χ0v) is 11.9. The van der Waals surface area contributed by atoms with E-state index in [-0.39, 0.29) is 0 Å². The molecule has 1 aliphatic rings. The first kappa shape index (κ1) is 14.2. The molecule has 0 spiro atoms. The molecule has 19 heavy (non-hydrogen) atoms. The third-order valence-electron chi connectivity index (χ3n) is 3.45. The Balaban J connectivity index is 2.01. The number of nitrogens with one attached hydrogen (secondary N) is 2. The molecule has 2 rings (SSSR count). The number of hydrogen-bond donors (Lipinski definition) is 2. The van der Waals surface area contributed by atoms with Crippen LogP contribution in [0.5, 0.6) is 11.5 Å². The topological polar surface area (TPSA) is 42.5 Å². The van der Waals surface area contributed by atoms with Gasteiger partial charge in [-0.05, 0) is 32.4 Å². The normalized spacial score (nSPS) is 19.2. The maximum atomic E-state index is 5.72. The predicted octanol–water partition coefficient (Wildman–Crippen LogP) is 1.94. The number of benzene rings is 1. The molecule has 1 atom stereocenters. The first-order chi connectivity index (χ1) is 9.35. The monoisotopic (exact) mass is 264 g/mol. The van der Waals surface area contributed by atoms with E-state index < -0.39 is 0 Å². The first-order valence-electron chi connectivity index (χ1n) is 7.08. The maximum Gasteiger partial charge on any atom is 0.165 e. The summed E-state index contributed by atoms with van der Waals surface area (Å²) in [5, 5.41) is 7.00. The molecule has 0 aromatic heterocycles. The Bertz CT molecular complexity index is 390. The van der Waals surface area contributed by atoms with E-state index in [0.717, 1.165) is 36.7 Å². The summed E-state index contributed by atoms with van der Waals surface area (Å²) >= 11 is 0. The van der Waals surface area contributed by atoms with Gasteiger partial charge in [0.05, 0.1) is 13.7 Å². The number of hydrogen-bond acceptors (Lipinski definition) is 4. The molecule has 0 aliphatic carbocycles. The number of para-hydroxylation sites is 1. The van der Waals surface area contributed by atoms with Crippen LogP contribution in [0.15, 0.2) is 18.2 Å². The quantitative estimate of drug-likeness (QED) is 0.824. The summed E-state index contributed by atoms with van der Waals surface area (Å²) in [7, 11) is 1.68. The molecule has 0 saturated carbocycles. The largest absolute Gasteiger partial charge is 0.493 e. The van der Waals surface area contributed by atoms with Gasteiger partial charge >= 0.3 is 0 Å². The number of methoxy groups -OCH3 is 1. The van der Waals surface area contributed by atoms with Gasteiger partial charge in [-0.3, -0.25) is 0 Å². The minimum Gasteiger partial charge on any atom is -0.493 e. The van der Waals surface area contributed by atoms with E-state index in [1.54, 1.807) is 7.11 Å². The van der Waals surface area contributed by atoms with Gasteiger partial charge in [-0.2, -0.15) is 0 Å². The third-order valence-corrected chi connectivity index (χ3v) is 3.45. The Morgan fingerprint density at radius 3 is 3.00 bits per heavy atom. The number of ether oxygens (including phenoxy) is 2. The van der Waals surface area contributed by atoms with Crippen molar-refractivity contribution in [2.24, 2.45) is 0 Å². The standard InChI is InChI=1S/C15H24N2O2/c1-3-19-15-12(6-4-8-14(15)18-2)10-17-13-7-5-9-16-11-13/h4,6,8,13,16-17H,3,5,7,9-11H2,1-2H3/t13-/m1/s1. The van der Waals surface area contributed by atoms with Crippen molar-refractivity contribution >= 4 is 0 Å². The summed E-state index contributed by atoms with van der Waals surface area (Å²) in [4.78, 5) is 0. The van der Waals surface area contributed by atoms with Crippen molar-refractivity contribution in [2.75, 3.05) is 26.8 Å². The molecule has 1 aromatic rings. The summed E-state index contributed by atoms with van der Waals surface area (Å²) in [5.41, 5.74) is 1.16. The second-order valence-corrected chi connectivity index (χ2v) is 4.81. The highest BCUT2D eigenvalue weighted by Gasteiger charge is 2.14. The van der Waals surface area contributed by atoms with Gasteiger partial charge in [-0.25, -0.2) is 0 Å². The lowest BCUT2D eigenvalue weighted by Gasteiger charge is -2.24. The molecule has 0 unspecified atom stereocenters. The number of piperidine rings is 1. The zero-order chi connectivity index (χ0) is 13.5. The lowest BCUT2D eigenvalue weighted by molar-refractivity contribution is 0.305. The average Bonchev–Trinajstić information content (AvgIpc) is 2.47. The van der Waals surface area contributed by atoms with Gasteiger partial charge in [-0.15, -0.1) is 0 Å². The van der Waals surface area contributed by atoms with Crippen LogP contribution in [0.25, 0.3) is 0 Å². The maximum absolute atomic E-state index is 5.72. The molecule has 0 radical (unpaired) electrons. The van der Waals surface area contributed by atoms with Crippen molar-refractivity contribution in [3.05, 3.63) is 23.8 Å². The highest BCUT2D eigenvalue weighted by Crippen LogP contribution is 2.31. The van der Waals surface area contributed by atoms with Gasteiger partial charge in [0, 0.05) is 24.7 Å². The van der Waals surface area contributed by atoms with Crippen LogP contribution in [-0.4, -0.2) is 32.8 Å². The smallest absolute Gasteiger partial charge is 0.165 e. The Morgan fingerprint density at radius 1 is 1.42 bits per heavy atom. The van der Waals surface area contributed by atoms with Crippen LogP contribution in [0.1, 0.15) is 25.3 Å². The third kappa shape index (κ3) is 3.85. The summed E-state index contributed by atoms with van der Waals surface area (Å²) in [6.45, 7) is 5.65. The Morgan fingerprint density at radius 2 is 2.32 bits per heavy atom. The highest BCUT2D eigenvalue weighted by atomic mass is 16.5. The fraction of sp³-hybridized carbons (Fsp3) is 0.600.